The first-order chi connectivity index (χ1) is 16.0. The van der Waals surface area contributed by atoms with Crippen molar-refractivity contribution in [2.75, 3.05) is 14.2 Å². The van der Waals surface area contributed by atoms with Crippen LogP contribution in [-0.4, -0.2) is 43.0 Å². The molecule has 2 N–H and O–H groups in total. The van der Waals surface area contributed by atoms with E-state index in [2.05, 4.69) is 10.6 Å². The maximum absolute atomic E-state index is 13.1. The Morgan fingerprint density at radius 2 is 1.58 bits per heavy atom. The molecular formula is C25H29N3O5. The summed E-state index contributed by atoms with van der Waals surface area (Å²) in [5.74, 6) is 0.736. The Balaban J connectivity index is 1.32. The van der Waals surface area contributed by atoms with Crippen LogP contribution in [0.1, 0.15) is 30.4 Å². The molecule has 174 valence electrons. The molecule has 1 saturated heterocycles. The molecule has 2 aromatic rings. The largest absolute Gasteiger partial charge is 0.497 e. The summed E-state index contributed by atoms with van der Waals surface area (Å²) >= 11 is 0. The van der Waals surface area contributed by atoms with Crippen LogP contribution in [-0.2, 0) is 22.7 Å². The number of benzene rings is 2. The first-order valence-corrected chi connectivity index (χ1v) is 11.1. The maximum atomic E-state index is 13.1. The predicted octanol–water partition coefficient (Wildman–Crippen LogP) is 2.86. The van der Waals surface area contributed by atoms with Gasteiger partial charge in [0.2, 0.25) is 11.8 Å². The van der Waals surface area contributed by atoms with Gasteiger partial charge >= 0.3 is 6.03 Å². The van der Waals surface area contributed by atoms with Gasteiger partial charge in [0.1, 0.15) is 11.5 Å². The number of ether oxygens (including phenoxy) is 2. The third-order valence-electron chi connectivity index (χ3n) is 6.48. The van der Waals surface area contributed by atoms with Gasteiger partial charge in [-0.05, 0) is 54.7 Å². The number of nitrogens with one attached hydrogen (secondary N) is 2. The van der Waals surface area contributed by atoms with E-state index in [9.17, 15) is 14.4 Å². The van der Waals surface area contributed by atoms with E-state index in [-0.39, 0.29) is 36.2 Å². The van der Waals surface area contributed by atoms with Crippen LogP contribution in [0.3, 0.4) is 0 Å². The van der Waals surface area contributed by atoms with Crippen LogP contribution in [0.2, 0.25) is 0 Å². The Morgan fingerprint density at radius 1 is 0.970 bits per heavy atom. The zero-order valence-electron chi connectivity index (χ0n) is 18.9. The Bertz CT molecular complexity index is 1010. The maximum Gasteiger partial charge on any atom is 0.324 e. The zero-order chi connectivity index (χ0) is 23.4. The van der Waals surface area contributed by atoms with Crippen LogP contribution >= 0.6 is 0 Å². The highest BCUT2D eigenvalue weighted by Crippen LogP contribution is 2.33. The van der Waals surface area contributed by atoms with Crippen molar-refractivity contribution in [1.82, 2.24) is 15.5 Å². The van der Waals surface area contributed by atoms with E-state index in [1.807, 2.05) is 36.4 Å². The van der Waals surface area contributed by atoms with Crippen molar-refractivity contribution in [2.24, 2.45) is 11.8 Å². The van der Waals surface area contributed by atoms with E-state index in [1.165, 1.54) is 4.90 Å². The summed E-state index contributed by atoms with van der Waals surface area (Å²) < 4.78 is 10.3. The Morgan fingerprint density at radius 3 is 2.18 bits per heavy atom. The van der Waals surface area contributed by atoms with Gasteiger partial charge in [0.15, 0.2) is 0 Å². The minimum atomic E-state index is -0.406. The summed E-state index contributed by atoms with van der Waals surface area (Å²) in [6.07, 6.45) is 1.66. The minimum absolute atomic E-state index is 0.0494. The van der Waals surface area contributed by atoms with Gasteiger partial charge in [-0.2, -0.15) is 0 Å². The van der Waals surface area contributed by atoms with Crippen molar-refractivity contribution in [1.29, 1.82) is 0 Å². The van der Waals surface area contributed by atoms with E-state index in [0.29, 0.717) is 25.8 Å². The molecule has 0 bridgehead atoms. The third-order valence-corrected chi connectivity index (χ3v) is 6.48. The van der Waals surface area contributed by atoms with Crippen molar-refractivity contribution >= 4 is 17.8 Å². The lowest BCUT2D eigenvalue weighted by molar-refractivity contribution is -0.139. The second-order valence-electron chi connectivity index (χ2n) is 8.51. The molecule has 1 saturated carbocycles. The Kier molecular flexibility index (Phi) is 6.82. The number of hydrogen-bond donors (Lipinski definition) is 2. The summed E-state index contributed by atoms with van der Waals surface area (Å²) in [5, 5.41) is 5.94. The number of urea groups is 1. The molecule has 0 aromatic heterocycles. The van der Waals surface area contributed by atoms with Crippen molar-refractivity contribution in [3.8, 4) is 11.5 Å². The molecule has 4 amide bonds. The number of carbonyl (C=O) groups excluding carboxylic acids is 3. The first kappa shape index (κ1) is 22.6. The highest BCUT2D eigenvalue weighted by atomic mass is 16.5. The number of fused-ring (bicyclic) bond motifs is 1. The molecule has 4 rings (SSSR count). The number of methoxy groups -OCH3 is 2. The van der Waals surface area contributed by atoms with Crippen molar-refractivity contribution in [3.63, 3.8) is 0 Å². The van der Waals surface area contributed by atoms with Crippen LogP contribution in [0.5, 0.6) is 11.5 Å². The molecule has 1 aliphatic carbocycles. The topological polar surface area (TPSA) is 97.0 Å². The molecule has 2 aromatic carbocycles. The SMILES string of the molecule is COc1ccc(CNC(=O)C2CCC3C(=O)N(Cc4ccc(OC)cc4)C(=O)NC3C2)cc1. The summed E-state index contributed by atoms with van der Waals surface area (Å²) in [4.78, 5) is 39.8. The fourth-order valence-corrected chi connectivity index (χ4v) is 4.54. The second kappa shape index (κ2) is 9.94. The number of hydrogen-bond acceptors (Lipinski definition) is 5. The van der Waals surface area contributed by atoms with Crippen LogP contribution in [0.15, 0.2) is 48.5 Å². The average molecular weight is 452 g/mol. The van der Waals surface area contributed by atoms with Gasteiger partial charge in [0.25, 0.3) is 0 Å². The molecular weight excluding hydrogens is 422 g/mol. The summed E-state index contributed by atoms with van der Waals surface area (Å²) in [6, 6.07) is 14.1. The van der Waals surface area contributed by atoms with E-state index < -0.39 is 6.03 Å². The highest BCUT2D eigenvalue weighted by molar-refractivity contribution is 5.99. The number of amides is 4. The first-order valence-electron chi connectivity index (χ1n) is 11.1. The van der Waals surface area contributed by atoms with Gasteiger partial charge in [-0.3, -0.25) is 14.5 Å². The molecule has 3 unspecified atom stereocenters. The van der Waals surface area contributed by atoms with Crippen molar-refractivity contribution < 1.29 is 23.9 Å². The molecule has 8 heteroatoms. The lowest BCUT2D eigenvalue weighted by Gasteiger charge is -2.42. The van der Waals surface area contributed by atoms with Crippen molar-refractivity contribution in [3.05, 3.63) is 59.7 Å². The van der Waals surface area contributed by atoms with Crippen molar-refractivity contribution in [2.45, 2.75) is 38.4 Å². The highest BCUT2D eigenvalue weighted by Gasteiger charge is 2.45. The third kappa shape index (κ3) is 5.10. The Hall–Kier alpha value is -3.55. The predicted molar refractivity (Wildman–Crippen MR) is 122 cm³/mol. The summed E-state index contributed by atoms with van der Waals surface area (Å²) in [6.45, 7) is 0.637. The molecule has 33 heavy (non-hydrogen) atoms. The van der Waals surface area contributed by atoms with E-state index in [4.69, 9.17) is 9.47 Å². The molecule has 3 atom stereocenters. The van der Waals surface area contributed by atoms with Crippen LogP contribution < -0.4 is 20.1 Å². The van der Waals surface area contributed by atoms with Crippen LogP contribution in [0.4, 0.5) is 4.79 Å². The van der Waals surface area contributed by atoms with Gasteiger partial charge in [-0.25, -0.2) is 4.79 Å². The summed E-state index contributed by atoms with van der Waals surface area (Å²) in [7, 11) is 3.20. The minimum Gasteiger partial charge on any atom is -0.497 e. The number of carbonyl (C=O) groups is 3. The van der Waals surface area contributed by atoms with Gasteiger partial charge in [0, 0.05) is 18.5 Å². The number of imide groups is 1. The average Bonchev–Trinajstić information content (AvgIpc) is 2.85. The lowest BCUT2D eigenvalue weighted by Crippen LogP contribution is -2.61. The van der Waals surface area contributed by atoms with E-state index in [0.717, 1.165) is 22.6 Å². The lowest BCUT2D eigenvalue weighted by atomic mass is 9.76. The van der Waals surface area contributed by atoms with Gasteiger partial charge in [0.05, 0.1) is 26.7 Å². The number of nitrogens with zero attached hydrogens (tertiary/aromatic N) is 1. The zero-order valence-corrected chi connectivity index (χ0v) is 18.9. The normalized spacial score (nSPS) is 22.2. The molecule has 1 aliphatic heterocycles. The molecule has 2 fully saturated rings. The smallest absolute Gasteiger partial charge is 0.324 e. The molecule has 0 radical (unpaired) electrons. The van der Waals surface area contributed by atoms with Crippen LogP contribution in [0.25, 0.3) is 0 Å². The van der Waals surface area contributed by atoms with E-state index in [1.54, 1.807) is 26.4 Å². The van der Waals surface area contributed by atoms with Gasteiger partial charge in [-0.15, -0.1) is 0 Å². The van der Waals surface area contributed by atoms with Gasteiger partial charge < -0.3 is 20.1 Å². The molecule has 1 heterocycles. The fourth-order valence-electron chi connectivity index (χ4n) is 4.54. The van der Waals surface area contributed by atoms with Gasteiger partial charge in [-0.1, -0.05) is 24.3 Å². The standard InChI is InChI=1S/C25H29N3O5/c1-32-19-8-3-16(4-9-19)14-26-23(29)18-7-12-21-22(13-18)27-25(31)28(24(21)30)15-17-5-10-20(33-2)11-6-17/h3-6,8-11,18,21-22H,7,12-15H2,1-2H3,(H,26,29)(H,27,31). The fraction of sp³-hybridized carbons (Fsp3) is 0.400. The van der Waals surface area contributed by atoms with E-state index >= 15 is 0 Å². The molecule has 8 nitrogen and oxygen atoms in total. The Labute approximate surface area is 193 Å². The quantitative estimate of drug-likeness (QED) is 0.675. The molecule has 0 spiro atoms. The van der Waals surface area contributed by atoms with Crippen LogP contribution in [0, 0.1) is 11.8 Å². The number of rotatable bonds is 7. The monoisotopic (exact) mass is 451 g/mol. The second-order valence-corrected chi connectivity index (χ2v) is 8.51. The molecule has 2 aliphatic rings. The summed E-state index contributed by atoms with van der Waals surface area (Å²) in [5.41, 5.74) is 1.83.